The predicted molar refractivity (Wildman–Crippen MR) is 64.5 cm³/mol. The molecule has 0 heterocycles. The second kappa shape index (κ2) is 4.45. The fourth-order valence-electron chi connectivity index (χ4n) is 1.73. The summed E-state index contributed by atoms with van der Waals surface area (Å²) in [5.74, 6) is -0.229. The van der Waals surface area contributed by atoms with Gasteiger partial charge in [0.1, 0.15) is 5.82 Å². The van der Waals surface area contributed by atoms with Crippen LogP contribution in [0.1, 0.15) is 11.1 Å². The molecule has 0 atom stereocenters. The van der Waals surface area contributed by atoms with E-state index in [1.807, 2.05) is 31.2 Å². The van der Waals surface area contributed by atoms with Gasteiger partial charge in [-0.1, -0.05) is 35.9 Å². The monoisotopic (exact) mass is 215 g/mol. The van der Waals surface area contributed by atoms with Crippen molar-refractivity contribution in [3.63, 3.8) is 0 Å². The summed E-state index contributed by atoms with van der Waals surface area (Å²) in [4.78, 5) is 0. The highest BCUT2D eigenvalue weighted by Crippen LogP contribution is 2.24. The lowest BCUT2D eigenvalue weighted by atomic mass is 9.99. The van der Waals surface area contributed by atoms with Gasteiger partial charge in [0.2, 0.25) is 0 Å². The molecule has 2 aromatic rings. The number of halogens is 1. The van der Waals surface area contributed by atoms with Crippen LogP contribution in [-0.4, -0.2) is 0 Å². The molecule has 2 aromatic carbocycles. The molecule has 0 radical (unpaired) electrons. The SMILES string of the molecule is Cc1ccc(-c2cc(F)ccc2CN)cc1. The van der Waals surface area contributed by atoms with Gasteiger partial charge < -0.3 is 5.73 Å². The Labute approximate surface area is 94.7 Å². The van der Waals surface area contributed by atoms with Crippen LogP contribution >= 0.6 is 0 Å². The number of benzene rings is 2. The Hall–Kier alpha value is -1.67. The lowest BCUT2D eigenvalue weighted by molar-refractivity contribution is 0.627. The van der Waals surface area contributed by atoms with E-state index in [0.717, 1.165) is 16.7 Å². The molecule has 0 aliphatic carbocycles. The summed E-state index contributed by atoms with van der Waals surface area (Å²) in [7, 11) is 0. The Balaban J connectivity index is 2.53. The largest absolute Gasteiger partial charge is 0.326 e. The number of nitrogens with two attached hydrogens (primary N) is 1. The van der Waals surface area contributed by atoms with E-state index in [2.05, 4.69) is 0 Å². The summed E-state index contributed by atoms with van der Waals surface area (Å²) in [6.45, 7) is 2.45. The second-order valence-electron chi connectivity index (χ2n) is 3.87. The maximum atomic E-state index is 13.2. The molecule has 0 bridgehead atoms. The molecule has 2 N–H and O–H groups in total. The minimum absolute atomic E-state index is 0.229. The van der Waals surface area contributed by atoms with Crippen molar-refractivity contribution in [3.8, 4) is 11.1 Å². The summed E-state index contributed by atoms with van der Waals surface area (Å²) in [6, 6.07) is 12.7. The molecule has 16 heavy (non-hydrogen) atoms. The summed E-state index contributed by atoms with van der Waals surface area (Å²) in [6.07, 6.45) is 0. The molecule has 0 aliphatic heterocycles. The van der Waals surface area contributed by atoms with E-state index in [4.69, 9.17) is 5.73 Å². The van der Waals surface area contributed by atoms with Gasteiger partial charge >= 0.3 is 0 Å². The fraction of sp³-hybridized carbons (Fsp3) is 0.143. The van der Waals surface area contributed by atoms with Crippen LogP contribution in [0.4, 0.5) is 4.39 Å². The Kier molecular flexibility index (Phi) is 3.02. The van der Waals surface area contributed by atoms with E-state index in [1.165, 1.54) is 17.7 Å². The number of rotatable bonds is 2. The molecule has 0 spiro atoms. The van der Waals surface area contributed by atoms with Gasteiger partial charge in [-0.05, 0) is 35.7 Å². The van der Waals surface area contributed by atoms with Crippen molar-refractivity contribution in [1.82, 2.24) is 0 Å². The van der Waals surface area contributed by atoms with Gasteiger partial charge in [0.05, 0.1) is 0 Å². The summed E-state index contributed by atoms with van der Waals surface area (Å²) >= 11 is 0. The standard InChI is InChI=1S/C14H14FN/c1-10-2-4-11(5-3-10)14-8-13(15)7-6-12(14)9-16/h2-8H,9,16H2,1H3. The Morgan fingerprint density at radius 2 is 1.75 bits per heavy atom. The van der Waals surface area contributed by atoms with E-state index in [-0.39, 0.29) is 5.82 Å². The zero-order valence-electron chi connectivity index (χ0n) is 9.20. The van der Waals surface area contributed by atoms with Gasteiger partial charge in [0, 0.05) is 6.54 Å². The van der Waals surface area contributed by atoms with E-state index in [0.29, 0.717) is 6.54 Å². The highest BCUT2D eigenvalue weighted by Gasteiger charge is 2.05. The topological polar surface area (TPSA) is 26.0 Å². The predicted octanol–water partition coefficient (Wildman–Crippen LogP) is 3.26. The van der Waals surface area contributed by atoms with Gasteiger partial charge in [-0.3, -0.25) is 0 Å². The van der Waals surface area contributed by atoms with Crippen LogP contribution in [0.5, 0.6) is 0 Å². The van der Waals surface area contributed by atoms with Crippen molar-refractivity contribution in [3.05, 3.63) is 59.4 Å². The van der Waals surface area contributed by atoms with E-state index in [9.17, 15) is 4.39 Å². The quantitative estimate of drug-likeness (QED) is 0.817. The molecular weight excluding hydrogens is 201 g/mol. The van der Waals surface area contributed by atoms with Crippen LogP contribution in [-0.2, 0) is 6.54 Å². The molecule has 2 heteroatoms. The molecule has 0 aromatic heterocycles. The summed E-state index contributed by atoms with van der Waals surface area (Å²) < 4.78 is 13.2. The maximum absolute atomic E-state index is 13.2. The average molecular weight is 215 g/mol. The molecule has 0 saturated heterocycles. The highest BCUT2D eigenvalue weighted by molar-refractivity contribution is 5.67. The van der Waals surface area contributed by atoms with Crippen molar-refractivity contribution >= 4 is 0 Å². The third-order valence-electron chi connectivity index (χ3n) is 2.65. The van der Waals surface area contributed by atoms with Crippen molar-refractivity contribution in [1.29, 1.82) is 0 Å². The summed E-state index contributed by atoms with van der Waals surface area (Å²) in [5.41, 5.74) is 9.68. The number of hydrogen-bond acceptors (Lipinski definition) is 1. The van der Waals surface area contributed by atoms with Crippen LogP contribution in [0.3, 0.4) is 0 Å². The lowest BCUT2D eigenvalue weighted by Gasteiger charge is -2.08. The Morgan fingerprint density at radius 1 is 1.06 bits per heavy atom. The number of aryl methyl sites for hydroxylation is 1. The third-order valence-corrected chi connectivity index (χ3v) is 2.65. The highest BCUT2D eigenvalue weighted by atomic mass is 19.1. The van der Waals surface area contributed by atoms with Crippen molar-refractivity contribution in [2.24, 2.45) is 5.73 Å². The van der Waals surface area contributed by atoms with Crippen LogP contribution in [0.2, 0.25) is 0 Å². The maximum Gasteiger partial charge on any atom is 0.123 e. The van der Waals surface area contributed by atoms with Crippen molar-refractivity contribution in [2.45, 2.75) is 13.5 Å². The molecule has 0 fully saturated rings. The van der Waals surface area contributed by atoms with E-state index < -0.39 is 0 Å². The molecule has 0 amide bonds. The van der Waals surface area contributed by atoms with Gasteiger partial charge in [-0.2, -0.15) is 0 Å². The van der Waals surface area contributed by atoms with Crippen LogP contribution < -0.4 is 5.73 Å². The molecule has 0 unspecified atom stereocenters. The van der Waals surface area contributed by atoms with E-state index in [1.54, 1.807) is 6.07 Å². The minimum atomic E-state index is -0.229. The average Bonchev–Trinajstić information content (AvgIpc) is 2.30. The Morgan fingerprint density at radius 3 is 2.38 bits per heavy atom. The Bertz CT molecular complexity index is 489. The molecule has 2 rings (SSSR count). The molecule has 0 aliphatic rings. The second-order valence-corrected chi connectivity index (χ2v) is 3.87. The van der Waals surface area contributed by atoms with Crippen LogP contribution in [0.15, 0.2) is 42.5 Å². The first kappa shape index (κ1) is 10.8. The normalized spacial score (nSPS) is 10.4. The minimum Gasteiger partial charge on any atom is -0.326 e. The first-order valence-electron chi connectivity index (χ1n) is 5.26. The van der Waals surface area contributed by atoms with Gasteiger partial charge in [-0.15, -0.1) is 0 Å². The van der Waals surface area contributed by atoms with Gasteiger partial charge in [-0.25, -0.2) is 4.39 Å². The van der Waals surface area contributed by atoms with Gasteiger partial charge in [0.15, 0.2) is 0 Å². The zero-order valence-corrected chi connectivity index (χ0v) is 9.20. The van der Waals surface area contributed by atoms with Gasteiger partial charge in [0.25, 0.3) is 0 Å². The van der Waals surface area contributed by atoms with E-state index >= 15 is 0 Å². The first-order valence-corrected chi connectivity index (χ1v) is 5.26. The molecular formula is C14H14FN. The molecule has 82 valence electrons. The first-order chi connectivity index (χ1) is 7.70. The number of hydrogen-bond donors (Lipinski definition) is 1. The van der Waals surface area contributed by atoms with Crippen LogP contribution in [0, 0.1) is 12.7 Å². The third kappa shape index (κ3) is 2.12. The van der Waals surface area contributed by atoms with Crippen molar-refractivity contribution < 1.29 is 4.39 Å². The fourth-order valence-corrected chi connectivity index (χ4v) is 1.73. The van der Waals surface area contributed by atoms with Crippen molar-refractivity contribution in [2.75, 3.05) is 0 Å². The zero-order chi connectivity index (χ0) is 11.5. The smallest absolute Gasteiger partial charge is 0.123 e. The molecule has 0 saturated carbocycles. The van der Waals surface area contributed by atoms with Crippen LogP contribution in [0.25, 0.3) is 11.1 Å². The summed E-state index contributed by atoms with van der Waals surface area (Å²) in [5, 5.41) is 0. The lowest BCUT2D eigenvalue weighted by Crippen LogP contribution is -1.99. The molecule has 1 nitrogen and oxygen atoms in total.